The molecule has 0 N–H and O–H groups in total. The maximum absolute atomic E-state index is 16.3. The van der Waals surface area contributed by atoms with E-state index in [9.17, 15) is 28.8 Å². The number of pyridine rings is 1. The van der Waals surface area contributed by atoms with Crippen molar-refractivity contribution in [2.45, 2.75) is 71.6 Å². The van der Waals surface area contributed by atoms with E-state index in [4.69, 9.17) is 23.7 Å². The van der Waals surface area contributed by atoms with Crippen LogP contribution in [0.4, 0.5) is 4.39 Å². The number of aromatic nitrogens is 3. The van der Waals surface area contributed by atoms with Crippen LogP contribution in [0.5, 0.6) is 0 Å². The van der Waals surface area contributed by atoms with Crippen molar-refractivity contribution in [3.63, 3.8) is 0 Å². The Hall–Kier alpha value is -4.40. The fourth-order valence-corrected chi connectivity index (χ4v) is 4.15. The molecule has 0 spiro atoms. The average Bonchev–Trinajstić information content (AvgIpc) is 3.18. The van der Waals surface area contributed by atoms with Crippen molar-refractivity contribution in [1.29, 1.82) is 0 Å². The Kier molecular flexibility index (Phi) is 10.1. The summed E-state index contributed by atoms with van der Waals surface area (Å²) in [5.74, 6) is -7.13. The van der Waals surface area contributed by atoms with Crippen LogP contribution in [0.25, 0.3) is 0 Å². The second-order valence-electron chi connectivity index (χ2n) is 9.09. The third kappa shape index (κ3) is 7.22. The molecule has 222 valence electrons. The molecule has 14 nitrogen and oxygen atoms in total. The number of rotatable bonds is 11. The molecule has 3 heterocycles. The zero-order valence-corrected chi connectivity index (χ0v) is 22.8. The van der Waals surface area contributed by atoms with Gasteiger partial charge in [-0.05, 0) is 25.0 Å². The van der Waals surface area contributed by atoms with E-state index in [2.05, 4.69) is 4.98 Å². The largest absolute Gasteiger partial charge is 0.459 e. The molecule has 2 aromatic heterocycles. The predicted molar refractivity (Wildman–Crippen MR) is 135 cm³/mol. The molecule has 0 amide bonds. The fourth-order valence-electron chi connectivity index (χ4n) is 4.15. The summed E-state index contributed by atoms with van der Waals surface area (Å²) in [6, 6.07) is 3.79. The van der Waals surface area contributed by atoms with Crippen LogP contribution in [0.3, 0.4) is 0 Å². The lowest BCUT2D eigenvalue weighted by molar-refractivity contribution is -0.225. The number of hydrogen-bond donors (Lipinski definition) is 0. The van der Waals surface area contributed by atoms with Crippen molar-refractivity contribution < 1.29 is 47.3 Å². The van der Waals surface area contributed by atoms with Gasteiger partial charge >= 0.3 is 29.6 Å². The highest BCUT2D eigenvalue weighted by Gasteiger charge is 2.62. The molecule has 3 rings (SSSR count). The molecule has 1 saturated heterocycles. The van der Waals surface area contributed by atoms with Gasteiger partial charge in [0.25, 0.3) is 11.4 Å². The van der Waals surface area contributed by atoms with Gasteiger partial charge in [-0.1, -0.05) is 13.8 Å². The van der Waals surface area contributed by atoms with Crippen molar-refractivity contribution in [2.24, 2.45) is 5.92 Å². The maximum Gasteiger partial charge on any atom is 0.341 e. The molecule has 0 radical (unpaired) electrons. The van der Waals surface area contributed by atoms with E-state index in [1.807, 2.05) is 0 Å². The van der Waals surface area contributed by atoms with E-state index < -0.39 is 78.7 Å². The lowest BCUT2D eigenvalue weighted by Gasteiger charge is -2.27. The summed E-state index contributed by atoms with van der Waals surface area (Å²) in [5, 5.41) is 0. The first-order valence-corrected chi connectivity index (χ1v) is 12.7. The molecule has 0 aliphatic carbocycles. The minimum atomic E-state index is -3.06. The van der Waals surface area contributed by atoms with Gasteiger partial charge in [-0.3, -0.25) is 28.7 Å². The maximum atomic E-state index is 16.3. The van der Waals surface area contributed by atoms with Gasteiger partial charge in [-0.15, -0.1) is 0 Å². The zero-order chi connectivity index (χ0) is 30.3. The summed E-state index contributed by atoms with van der Waals surface area (Å²) in [5.41, 5.74) is -1.96. The standard InChI is InChI=1S/C26H30FN3O11/c1-5-17(6-2)23(34)37-13-26(27)21(40-16(4)32)20(39-15(3)31)22(41-26)29-11-9-19(33)30(25(29)36)14-38-24(35)18-8-7-10-28-12-18/h7-12,17,20-22H,5-6,13-14H2,1-4H3/t20-,21+,22-,26-/m1/s1. The van der Waals surface area contributed by atoms with Crippen LogP contribution in [-0.2, 0) is 44.8 Å². The SMILES string of the molecule is CCC(CC)C(=O)OC[C@@]1(F)O[C@@H](n2ccc(=O)n(COC(=O)c3cccnc3)c2=O)[C@H](OC(C)=O)[C@@H]1OC(C)=O. The molecular formula is C26H30FN3O11. The minimum Gasteiger partial charge on any atom is -0.459 e. The molecule has 0 saturated carbocycles. The molecule has 1 aliphatic rings. The lowest BCUT2D eigenvalue weighted by Crippen LogP contribution is -2.48. The van der Waals surface area contributed by atoms with E-state index in [0.717, 1.165) is 26.1 Å². The van der Waals surface area contributed by atoms with Gasteiger partial charge < -0.3 is 23.7 Å². The first-order valence-electron chi connectivity index (χ1n) is 12.7. The number of nitrogens with zero attached hydrogens (tertiary/aromatic N) is 3. The van der Waals surface area contributed by atoms with Crippen molar-refractivity contribution in [3.8, 4) is 0 Å². The number of alkyl halides is 1. The van der Waals surface area contributed by atoms with E-state index in [-0.39, 0.29) is 5.56 Å². The third-order valence-electron chi connectivity index (χ3n) is 6.24. The van der Waals surface area contributed by atoms with E-state index in [0.29, 0.717) is 22.0 Å². The first kappa shape index (κ1) is 31.1. The van der Waals surface area contributed by atoms with E-state index in [1.54, 1.807) is 13.8 Å². The molecule has 1 fully saturated rings. The van der Waals surface area contributed by atoms with Gasteiger partial charge in [0.15, 0.2) is 25.7 Å². The second kappa shape index (κ2) is 13.3. The van der Waals surface area contributed by atoms with Gasteiger partial charge in [-0.2, -0.15) is 0 Å². The molecule has 0 unspecified atom stereocenters. The zero-order valence-electron chi connectivity index (χ0n) is 22.8. The van der Waals surface area contributed by atoms with Gasteiger partial charge in [0.2, 0.25) is 6.10 Å². The van der Waals surface area contributed by atoms with Crippen molar-refractivity contribution in [2.75, 3.05) is 6.61 Å². The summed E-state index contributed by atoms with van der Waals surface area (Å²) < 4.78 is 43.5. The summed E-state index contributed by atoms with van der Waals surface area (Å²) in [4.78, 5) is 78.1. The smallest absolute Gasteiger partial charge is 0.341 e. The van der Waals surface area contributed by atoms with Crippen LogP contribution in [0, 0.1) is 5.92 Å². The highest BCUT2D eigenvalue weighted by atomic mass is 19.2. The molecule has 0 aromatic carbocycles. The van der Waals surface area contributed by atoms with Crippen LogP contribution in [0.1, 0.15) is 57.1 Å². The fraction of sp³-hybridized carbons (Fsp3) is 0.500. The molecule has 4 atom stereocenters. The normalized spacial score (nSPS) is 21.8. The topological polar surface area (TPSA) is 171 Å². The molecule has 41 heavy (non-hydrogen) atoms. The Bertz CT molecular complexity index is 1390. The monoisotopic (exact) mass is 579 g/mol. The number of halogens is 1. The highest BCUT2D eigenvalue weighted by Crippen LogP contribution is 2.42. The molecular weight excluding hydrogens is 549 g/mol. The Labute approximate surface area is 232 Å². The summed E-state index contributed by atoms with van der Waals surface area (Å²) in [6.45, 7) is 3.56. The number of ether oxygens (including phenoxy) is 5. The molecule has 15 heteroatoms. The van der Waals surface area contributed by atoms with Gasteiger partial charge in [0.05, 0.1) is 11.5 Å². The first-order chi connectivity index (χ1) is 19.4. The Morgan fingerprint density at radius 2 is 1.76 bits per heavy atom. The van der Waals surface area contributed by atoms with Crippen LogP contribution in [0.2, 0.25) is 0 Å². The second-order valence-corrected chi connectivity index (χ2v) is 9.09. The van der Waals surface area contributed by atoms with Gasteiger partial charge in [-0.25, -0.2) is 18.5 Å². The Morgan fingerprint density at radius 3 is 2.34 bits per heavy atom. The van der Waals surface area contributed by atoms with Crippen LogP contribution in [-0.4, -0.2) is 62.7 Å². The number of carbonyl (C=O) groups excluding carboxylic acids is 4. The van der Waals surface area contributed by atoms with E-state index in [1.165, 1.54) is 24.5 Å². The van der Waals surface area contributed by atoms with Crippen molar-refractivity contribution >= 4 is 23.9 Å². The summed E-state index contributed by atoms with van der Waals surface area (Å²) in [6.07, 6.45) is -1.09. The molecule has 0 bridgehead atoms. The highest BCUT2D eigenvalue weighted by molar-refractivity contribution is 5.88. The average molecular weight is 580 g/mol. The number of hydrogen-bond acceptors (Lipinski definition) is 12. The third-order valence-corrected chi connectivity index (χ3v) is 6.24. The molecule has 2 aromatic rings. The predicted octanol–water partition coefficient (Wildman–Crippen LogP) is 1.26. The molecule has 1 aliphatic heterocycles. The quantitative estimate of drug-likeness (QED) is 0.276. The number of carbonyl (C=O) groups is 4. The summed E-state index contributed by atoms with van der Waals surface area (Å²) in [7, 11) is 0. The minimum absolute atomic E-state index is 0.0558. The van der Waals surface area contributed by atoms with Crippen LogP contribution < -0.4 is 11.2 Å². The van der Waals surface area contributed by atoms with Crippen molar-refractivity contribution in [1.82, 2.24) is 14.1 Å². The van der Waals surface area contributed by atoms with Crippen LogP contribution >= 0.6 is 0 Å². The summed E-state index contributed by atoms with van der Waals surface area (Å²) >= 11 is 0. The van der Waals surface area contributed by atoms with E-state index >= 15 is 4.39 Å². The number of esters is 4. The van der Waals surface area contributed by atoms with Crippen molar-refractivity contribution in [3.05, 3.63) is 63.2 Å². The van der Waals surface area contributed by atoms with Crippen LogP contribution in [0.15, 0.2) is 46.4 Å². The van der Waals surface area contributed by atoms with Gasteiger partial charge in [0, 0.05) is 38.5 Å². The van der Waals surface area contributed by atoms with Gasteiger partial charge in [0.1, 0.15) is 0 Å². The Morgan fingerprint density at radius 1 is 1.07 bits per heavy atom. The lowest BCUT2D eigenvalue weighted by atomic mass is 10.0. The Balaban J connectivity index is 1.97.